The van der Waals surface area contributed by atoms with Gasteiger partial charge >= 0.3 is 5.97 Å². The summed E-state index contributed by atoms with van der Waals surface area (Å²) >= 11 is 0. The van der Waals surface area contributed by atoms with Gasteiger partial charge in [0.1, 0.15) is 17.9 Å². The van der Waals surface area contributed by atoms with E-state index in [1.807, 2.05) is 6.92 Å². The zero-order valence-corrected chi connectivity index (χ0v) is 14.0. The fourth-order valence-electron chi connectivity index (χ4n) is 2.28. The summed E-state index contributed by atoms with van der Waals surface area (Å²) in [5.74, 6) is -3.02. The second kappa shape index (κ2) is 9.00. The molecule has 2 amide bonds. The van der Waals surface area contributed by atoms with Crippen LogP contribution in [0.5, 0.6) is 0 Å². The van der Waals surface area contributed by atoms with Crippen LogP contribution >= 0.6 is 0 Å². The van der Waals surface area contributed by atoms with Crippen molar-refractivity contribution in [3.8, 4) is 0 Å². The molecular weight excluding hydrogens is 315 g/mol. The molecule has 0 saturated heterocycles. The van der Waals surface area contributed by atoms with Crippen LogP contribution in [0, 0.1) is 11.7 Å². The predicted molar refractivity (Wildman–Crippen MR) is 86.7 cm³/mol. The van der Waals surface area contributed by atoms with Gasteiger partial charge in [0.25, 0.3) is 0 Å². The number of aliphatic carboxylic acids is 1. The highest BCUT2D eigenvalue weighted by molar-refractivity contribution is 5.90. The van der Waals surface area contributed by atoms with Crippen molar-refractivity contribution in [2.75, 3.05) is 0 Å². The third-order valence-corrected chi connectivity index (χ3v) is 3.85. The van der Waals surface area contributed by atoms with Gasteiger partial charge in [-0.3, -0.25) is 9.59 Å². The molecule has 0 fully saturated rings. The molecule has 0 spiro atoms. The molecule has 0 radical (unpaired) electrons. The second-order valence-electron chi connectivity index (χ2n) is 5.76. The zero-order valence-electron chi connectivity index (χ0n) is 14.0. The lowest BCUT2D eigenvalue weighted by atomic mass is 9.98. The molecule has 1 rings (SSSR count). The summed E-state index contributed by atoms with van der Waals surface area (Å²) in [5, 5.41) is 14.1. The van der Waals surface area contributed by atoms with Gasteiger partial charge in [-0.1, -0.05) is 38.5 Å². The standard InChI is InChI=1S/C17H23FN2O4/c1-4-10(2)15(17(23)24)20-16(22)14(19-11(3)21)9-12-7-5-6-8-13(12)18/h5-8,10,14-15H,4,9H2,1-3H3,(H,19,21)(H,20,22)(H,23,24)/t10-,14-,15-/m0/s1. The number of carbonyl (C=O) groups is 3. The number of benzene rings is 1. The predicted octanol–water partition coefficient (Wildman–Crippen LogP) is 1.49. The van der Waals surface area contributed by atoms with Crippen LogP contribution in [0.2, 0.25) is 0 Å². The average Bonchev–Trinajstić information content (AvgIpc) is 2.52. The van der Waals surface area contributed by atoms with Crippen LogP contribution in [0.15, 0.2) is 24.3 Å². The average molecular weight is 338 g/mol. The largest absolute Gasteiger partial charge is 0.480 e. The van der Waals surface area contributed by atoms with Crippen molar-refractivity contribution in [1.82, 2.24) is 10.6 Å². The number of rotatable bonds is 8. The third kappa shape index (κ3) is 5.64. The van der Waals surface area contributed by atoms with E-state index < -0.39 is 35.7 Å². The maximum Gasteiger partial charge on any atom is 0.326 e. The van der Waals surface area contributed by atoms with E-state index in [0.29, 0.717) is 6.42 Å². The molecule has 1 aromatic carbocycles. The molecule has 7 heteroatoms. The van der Waals surface area contributed by atoms with Crippen LogP contribution in [-0.2, 0) is 20.8 Å². The van der Waals surface area contributed by atoms with E-state index in [4.69, 9.17) is 0 Å². The van der Waals surface area contributed by atoms with Crippen molar-refractivity contribution >= 4 is 17.8 Å². The first kappa shape index (κ1) is 19.6. The Morgan fingerprint density at radius 3 is 2.33 bits per heavy atom. The van der Waals surface area contributed by atoms with E-state index >= 15 is 0 Å². The summed E-state index contributed by atoms with van der Waals surface area (Å²) in [7, 11) is 0. The van der Waals surface area contributed by atoms with Crippen LogP contribution in [0.4, 0.5) is 4.39 Å². The highest BCUT2D eigenvalue weighted by Crippen LogP contribution is 2.12. The van der Waals surface area contributed by atoms with E-state index in [1.54, 1.807) is 13.0 Å². The molecule has 24 heavy (non-hydrogen) atoms. The monoisotopic (exact) mass is 338 g/mol. The van der Waals surface area contributed by atoms with Gasteiger partial charge in [0, 0.05) is 13.3 Å². The Morgan fingerprint density at radius 2 is 1.83 bits per heavy atom. The van der Waals surface area contributed by atoms with Gasteiger partial charge < -0.3 is 15.7 Å². The number of carbonyl (C=O) groups excluding carboxylic acids is 2. The van der Waals surface area contributed by atoms with Crippen molar-refractivity contribution < 1.29 is 23.9 Å². The van der Waals surface area contributed by atoms with Crippen LogP contribution in [0.25, 0.3) is 0 Å². The van der Waals surface area contributed by atoms with E-state index in [-0.39, 0.29) is 17.9 Å². The summed E-state index contributed by atoms with van der Waals surface area (Å²) in [6.07, 6.45) is 0.500. The Bertz CT molecular complexity index is 606. The molecule has 0 aliphatic carbocycles. The molecule has 3 atom stereocenters. The lowest BCUT2D eigenvalue weighted by molar-refractivity contribution is -0.143. The molecule has 0 aliphatic heterocycles. The van der Waals surface area contributed by atoms with Gasteiger partial charge in [0.15, 0.2) is 0 Å². The molecule has 0 heterocycles. The molecule has 0 saturated carbocycles. The Hall–Kier alpha value is -2.44. The smallest absolute Gasteiger partial charge is 0.326 e. The Kier molecular flexibility index (Phi) is 7.35. The summed E-state index contributed by atoms with van der Waals surface area (Å²) < 4.78 is 13.8. The fraction of sp³-hybridized carbons (Fsp3) is 0.471. The molecule has 0 bridgehead atoms. The van der Waals surface area contributed by atoms with Crippen molar-refractivity contribution in [2.24, 2.45) is 5.92 Å². The maximum absolute atomic E-state index is 13.8. The summed E-state index contributed by atoms with van der Waals surface area (Å²) in [6, 6.07) is 3.80. The van der Waals surface area contributed by atoms with E-state index in [9.17, 15) is 23.9 Å². The topological polar surface area (TPSA) is 95.5 Å². The zero-order chi connectivity index (χ0) is 18.3. The Labute approximate surface area is 140 Å². The number of halogens is 1. The first-order valence-corrected chi connectivity index (χ1v) is 7.79. The van der Waals surface area contributed by atoms with Crippen LogP contribution in [-0.4, -0.2) is 35.0 Å². The normalized spacial score (nSPS) is 14.3. The maximum atomic E-state index is 13.8. The van der Waals surface area contributed by atoms with Gasteiger partial charge in [-0.15, -0.1) is 0 Å². The van der Waals surface area contributed by atoms with Crippen LogP contribution < -0.4 is 10.6 Å². The molecular formula is C17H23FN2O4. The summed E-state index contributed by atoms with van der Waals surface area (Å²) in [4.78, 5) is 35.1. The van der Waals surface area contributed by atoms with Crippen molar-refractivity contribution in [3.63, 3.8) is 0 Å². The lowest BCUT2D eigenvalue weighted by Crippen LogP contribution is -2.53. The first-order chi connectivity index (χ1) is 11.3. The molecule has 6 nitrogen and oxygen atoms in total. The van der Waals surface area contributed by atoms with Crippen molar-refractivity contribution in [1.29, 1.82) is 0 Å². The molecule has 0 unspecified atom stereocenters. The Balaban J connectivity index is 2.94. The highest BCUT2D eigenvalue weighted by Gasteiger charge is 2.29. The first-order valence-electron chi connectivity index (χ1n) is 7.79. The fourth-order valence-corrected chi connectivity index (χ4v) is 2.28. The third-order valence-electron chi connectivity index (χ3n) is 3.85. The minimum Gasteiger partial charge on any atom is -0.480 e. The molecule has 132 valence electrons. The minimum atomic E-state index is -1.15. The van der Waals surface area contributed by atoms with Crippen LogP contribution in [0.1, 0.15) is 32.8 Å². The van der Waals surface area contributed by atoms with Gasteiger partial charge in [-0.2, -0.15) is 0 Å². The number of nitrogens with one attached hydrogen (secondary N) is 2. The number of carboxylic acid groups (broad SMARTS) is 1. The lowest BCUT2D eigenvalue weighted by Gasteiger charge is -2.24. The molecule has 0 aromatic heterocycles. The number of hydrogen-bond donors (Lipinski definition) is 3. The van der Waals surface area contributed by atoms with Crippen LogP contribution in [0.3, 0.4) is 0 Å². The molecule has 3 N–H and O–H groups in total. The van der Waals surface area contributed by atoms with E-state index in [2.05, 4.69) is 10.6 Å². The van der Waals surface area contributed by atoms with Gasteiger partial charge in [0.05, 0.1) is 0 Å². The second-order valence-corrected chi connectivity index (χ2v) is 5.76. The highest BCUT2D eigenvalue weighted by atomic mass is 19.1. The summed E-state index contributed by atoms with van der Waals surface area (Å²) in [5.41, 5.74) is 0.266. The molecule has 0 aliphatic rings. The Morgan fingerprint density at radius 1 is 1.21 bits per heavy atom. The van der Waals surface area contributed by atoms with Crippen molar-refractivity contribution in [3.05, 3.63) is 35.6 Å². The van der Waals surface area contributed by atoms with E-state index in [1.165, 1.54) is 25.1 Å². The SMILES string of the molecule is CC[C@H](C)[C@H](NC(=O)[C@H](Cc1ccccc1F)NC(C)=O)C(=O)O. The minimum absolute atomic E-state index is 0.0646. The number of hydrogen-bond acceptors (Lipinski definition) is 3. The number of carboxylic acids is 1. The van der Waals surface area contributed by atoms with Gasteiger partial charge in [-0.05, 0) is 17.5 Å². The summed E-state index contributed by atoms with van der Waals surface area (Å²) in [6.45, 7) is 4.77. The van der Waals surface area contributed by atoms with Gasteiger partial charge in [-0.25, -0.2) is 9.18 Å². The van der Waals surface area contributed by atoms with E-state index in [0.717, 1.165) is 0 Å². The number of amides is 2. The van der Waals surface area contributed by atoms with Crippen molar-refractivity contribution in [2.45, 2.75) is 45.7 Å². The molecule has 1 aromatic rings. The van der Waals surface area contributed by atoms with Gasteiger partial charge in [0.2, 0.25) is 11.8 Å². The quantitative estimate of drug-likeness (QED) is 0.669.